The van der Waals surface area contributed by atoms with Crippen molar-refractivity contribution >= 4 is 56.7 Å². The van der Waals surface area contributed by atoms with Crippen LogP contribution in [0.25, 0.3) is 0 Å². The fraction of sp³-hybridized carbons (Fsp3) is 0.303. The largest absolute Gasteiger partial charge is 0.490 e. The van der Waals surface area contributed by atoms with Gasteiger partial charge in [-0.15, -0.1) is 0 Å². The molecule has 2 atom stereocenters. The number of rotatable bonds is 15. The van der Waals surface area contributed by atoms with E-state index in [0.717, 1.165) is 9.13 Å². The third-order valence-corrected chi connectivity index (χ3v) is 8.05. The number of hydrogen-bond acceptors (Lipinski definition) is 10. The predicted molar refractivity (Wildman–Crippen MR) is 188 cm³/mol. The van der Waals surface area contributed by atoms with Crippen LogP contribution in [-0.2, 0) is 16.1 Å². The van der Waals surface area contributed by atoms with Gasteiger partial charge in [0, 0.05) is 9.27 Å². The van der Waals surface area contributed by atoms with Gasteiger partial charge in [0.05, 0.1) is 42.6 Å². The Labute approximate surface area is 295 Å². The number of carbonyl (C=O) groups excluding carboxylic acids is 2. The van der Waals surface area contributed by atoms with Gasteiger partial charge in [0.25, 0.3) is 0 Å². The highest BCUT2D eigenvalue weighted by Crippen LogP contribution is 2.37. The fourth-order valence-electron chi connectivity index (χ4n) is 4.62. The molecule has 0 saturated carbocycles. The summed E-state index contributed by atoms with van der Waals surface area (Å²) in [6, 6.07) is 15.5. The third kappa shape index (κ3) is 9.74. The summed E-state index contributed by atoms with van der Waals surface area (Å²) in [7, 11) is 1.28. The first kappa shape index (κ1) is 35.8. The van der Waals surface area contributed by atoms with Crippen molar-refractivity contribution in [3.05, 3.63) is 90.6 Å². The number of halogens is 2. The molecule has 0 radical (unpaired) electrons. The second-order valence-electron chi connectivity index (χ2n) is 10.1. The van der Waals surface area contributed by atoms with Crippen molar-refractivity contribution in [2.45, 2.75) is 39.6 Å². The Balaban J connectivity index is 1.40. The Hall–Kier alpha value is -4.02. The molecule has 3 aromatic carbocycles. The number of carbonyl (C=O) groups is 2. The number of methoxy groups -OCH3 is 1. The molecule has 2 amide bonds. The van der Waals surface area contributed by atoms with Gasteiger partial charge in [-0.1, -0.05) is 18.2 Å². The van der Waals surface area contributed by atoms with Crippen molar-refractivity contribution < 1.29 is 38.4 Å². The summed E-state index contributed by atoms with van der Waals surface area (Å²) in [4.78, 5) is 24.7. The maximum atomic E-state index is 12.5. The number of esters is 1. The molecule has 250 valence electrons. The number of nitrogens with one attached hydrogen (secondary N) is 3. The molecule has 47 heavy (non-hydrogen) atoms. The van der Waals surface area contributed by atoms with Crippen LogP contribution < -0.4 is 35.0 Å². The van der Waals surface area contributed by atoms with E-state index >= 15 is 0 Å². The Bertz CT molecular complexity index is 1630. The predicted octanol–water partition coefficient (Wildman–Crippen LogP) is 5.55. The number of nitrogens with zero attached hydrogens (tertiary/aromatic N) is 1. The van der Waals surface area contributed by atoms with Gasteiger partial charge in [-0.25, -0.2) is 9.59 Å². The normalized spacial score (nSPS) is 15.0. The molecule has 0 unspecified atom stereocenters. The van der Waals surface area contributed by atoms with Gasteiger partial charge < -0.3 is 39.4 Å². The molecular weight excluding hydrogens is 787 g/mol. The lowest BCUT2D eigenvalue weighted by atomic mass is 9.95. The van der Waals surface area contributed by atoms with Crippen LogP contribution in [0.15, 0.2) is 75.4 Å². The Kier molecular flexibility index (Phi) is 13.1. The minimum absolute atomic E-state index is 0.160. The van der Waals surface area contributed by atoms with Crippen LogP contribution in [0, 0.1) is 3.57 Å². The van der Waals surface area contributed by atoms with Gasteiger partial charge >= 0.3 is 12.0 Å². The summed E-state index contributed by atoms with van der Waals surface area (Å²) in [5.41, 5.74) is 5.63. The van der Waals surface area contributed by atoms with E-state index < -0.39 is 24.3 Å². The van der Waals surface area contributed by atoms with E-state index in [1.807, 2.05) is 44.2 Å². The van der Waals surface area contributed by atoms with Crippen LogP contribution in [0.3, 0.4) is 0 Å². The van der Waals surface area contributed by atoms with Gasteiger partial charge in [0.15, 0.2) is 29.2 Å². The van der Waals surface area contributed by atoms with Gasteiger partial charge in [0.2, 0.25) is 0 Å². The quantitative estimate of drug-likeness (QED) is 0.0509. The first-order valence-corrected chi connectivity index (χ1v) is 16.6. The lowest BCUT2D eigenvalue weighted by Gasteiger charge is -2.28. The van der Waals surface area contributed by atoms with Gasteiger partial charge in [-0.2, -0.15) is 5.10 Å². The van der Waals surface area contributed by atoms with Gasteiger partial charge in [-0.3, -0.25) is 5.43 Å². The van der Waals surface area contributed by atoms with Crippen molar-refractivity contribution in [3.8, 4) is 23.0 Å². The topological polar surface area (TPSA) is 149 Å². The van der Waals surface area contributed by atoms with Crippen LogP contribution in [0.5, 0.6) is 23.0 Å². The van der Waals surface area contributed by atoms with E-state index in [-0.39, 0.29) is 12.2 Å². The molecule has 1 heterocycles. The Morgan fingerprint density at radius 3 is 2.47 bits per heavy atom. The zero-order valence-electron chi connectivity index (χ0n) is 26.3. The van der Waals surface area contributed by atoms with Gasteiger partial charge in [-0.05, 0) is 112 Å². The number of benzene rings is 3. The van der Waals surface area contributed by atoms with Crippen LogP contribution in [-0.4, -0.2) is 56.5 Å². The first-order chi connectivity index (χ1) is 22.6. The van der Waals surface area contributed by atoms with Crippen LogP contribution >= 0.6 is 38.5 Å². The molecule has 1 aliphatic rings. The molecule has 0 spiro atoms. The summed E-state index contributed by atoms with van der Waals surface area (Å²) < 4.78 is 30.3. The SMILES string of the molecule is CCOc1cc([C@@H]2NC(=O)NC(C)=C2C(=O)OC)ccc1OC[C@H](O)N/N=C\c1cc(Br)c(OCc2ccc(I)cc2)c(OCC)c1. The molecule has 0 bridgehead atoms. The number of ether oxygens (including phenoxy) is 5. The summed E-state index contributed by atoms with van der Waals surface area (Å²) >= 11 is 5.84. The lowest BCUT2D eigenvalue weighted by molar-refractivity contribution is -0.136. The minimum Gasteiger partial charge on any atom is -0.490 e. The van der Waals surface area contributed by atoms with E-state index in [1.165, 1.54) is 7.11 Å². The van der Waals surface area contributed by atoms with Gasteiger partial charge in [0.1, 0.15) is 13.2 Å². The summed E-state index contributed by atoms with van der Waals surface area (Å²) in [5, 5.41) is 20.0. The van der Waals surface area contributed by atoms with E-state index in [0.29, 0.717) is 64.1 Å². The van der Waals surface area contributed by atoms with Crippen LogP contribution in [0.2, 0.25) is 0 Å². The average Bonchev–Trinajstić information content (AvgIpc) is 3.04. The minimum atomic E-state index is -1.16. The number of hydrazone groups is 1. The van der Waals surface area contributed by atoms with E-state index in [4.69, 9.17) is 23.7 Å². The lowest BCUT2D eigenvalue weighted by Crippen LogP contribution is -2.45. The number of aliphatic hydroxyl groups is 1. The highest BCUT2D eigenvalue weighted by atomic mass is 127. The second kappa shape index (κ2) is 17.2. The fourth-order valence-corrected chi connectivity index (χ4v) is 5.56. The highest BCUT2D eigenvalue weighted by Gasteiger charge is 2.32. The van der Waals surface area contributed by atoms with Crippen molar-refractivity contribution in [1.82, 2.24) is 16.1 Å². The number of amides is 2. The van der Waals surface area contributed by atoms with Crippen molar-refractivity contribution in [2.75, 3.05) is 26.9 Å². The number of urea groups is 1. The molecule has 4 N–H and O–H groups in total. The van der Waals surface area contributed by atoms with Crippen molar-refractivity contribution in [3.63, 3.8) is 0 Å². The van der Waals surface area contributed by atoms with Crippen LogP contribution in [0.1, 0.15) is 43.5 Å². The second-order valence-corrected chi connectivity index (χ2v) is 12.2. The maximum absolute atomic E-state index is 12.5. The molecule has 0 aliphatic carbocycles. The number of allylic oxidation sites excluding steroid dienone is 1. The maximum Gasteiger partial charge on any atom is 0.337 e. The molecule has 14 heteroatoms. The molecule has 0 saturated heterocycles. The zero-order valence-corrected chi connectivity index (χ0v) is 30.0. The number of hydrogen-bond donors (Lipinski definition) is 4. The summed E-state index contributed by atoms with van der Waals surface area (Å²) in [6.07, 6.45) is 0.383. The molecule has 0 aromatic heterocycles. The molecule has 1 aliphatic heterocycles. The zero-order chi connectivity index (χ0) is 33.9. The third-order valence-electron chi connectivity index (χ3n) is 6.74. The standard InChI is InChI=1S/C33H36BrIN4O8/c1-5-44-26-15-22(30-29(32(41)43-4)19(3)37-33(42)38-30)9-12-25(26)46-18-28(40)39-36-16-21-13-24(34)31(27(14-21)45-6-2)47-17-20-7-10-23(35)11-8-20/h7-16,28,30,39-40H,5-6,17-18H2,1-4H3,(H2,37,38,42)/b36-16-/t28-,30-/m0/s1. The van der Waals surface area contributed by atoms with E-state index in [9.17, 15) is 14.7 Å². The molecular formula is C33H36BrIN4O8. The molecule has 3 aromatic rings. The monoisotopic (exact) mass is 822 g/mol. The molecule has 12 nitrogen and oxygen atoms in total. The highest BCUT2D eigenvalue weighted by molar-refractivity contribution is 14.1. The molecule has 4 rings (SSSR count). The van der Waals surface area contributed by atoms with Crippen molar-refractivity contribution in [1.29, 1.82) is 0 Å². The van der Waals surface area contributed by atoms with Crippen molar-refractivity contribution in [2.24, 2.45) is 5.10 Å². The van der Waals surface area contributed by atoms with E-state index in [1.54, 1.807) is 37.4 Å². The average molecular weight is 823 g/mol. The Morgan fingerprint density at radius 1 is 1.04 bits per heavy atom. The number of aliphatic hydroxyl groups excluding tert-OH is 1. The van der Waals surface area contributed by atoms with E-state index in [2.05, 4.69) is 59.7 Å². The Morgan fingerprint density at radius 2 is 1.77 bits per heavy atom. The van der Waals surface area contributed by atoms with Crippen LogP contribution in [0.4, 0.5) is 4.79 Å². The smallest absolute Gasteiger partial charge is 0.337 e. The molecule has 0 fully saturated rings. The summed E-state index contributed by atoms with van der Waals surface area (Å²) in [6.45, 7) is 6.33. The first-order valence-electron chi connectivity index (χ1n) is 14.7. The summed E-state index contributed by atoms with van der Waals surface area (Å²) in [5.74, 6) is 1.28.